The highest BCUT2D eigenvalue weighted by Crippen LogP contribution is 2.20. The van der Waals surface area contributed by atoms with Crippen LogP contribution in [0.2, 0.25) is 5.02 Å². The number of rotatable bonds is 4. The quantitative estimate of drug-likeness (QED) is 0.921. The molecule has 0 aliphatic carbocycles. The van der Waals surface area contributed by atoms with Gasteiger partial charge in [0.05, 0.1) is 11.9 Å². The zero-order valence-corrected chi connectivity index (χ0v) is 13.3. The van der Waals surface area contributed by atoms with E-state index in [-0.39, 0.29) is 16.6 Å². The molecule has 112 valence electrons. The van der Waals surface area contributed by atoms with Crippen molar-refractivity contribution in [1.82, 2.24) is 9.78 Å². The molecule has 2 rings (SSSR count). The molecule has 0 spiro atoms. The van der Waals surface area contributed by atoms with Crippen molar-refractivity contribution in [2.24, 2.45) is 5.92 Å². The Kier molecular flexibility index (Phi) is 5.21. The number of halogens is 1. The topological polar surface area (TPSA) is 64.0 Å². The molecule has 0 radical (unpaired) electrons. The lowest BCUT2D eigenvalue weighted by molar-refractivity contribution is 0.464. The molecule has 20 heavy (non-hydrogen) atoms. The summed E-state index contributed by atoms with van der Waals surface area (Å²) < 4.78 is 12.7. The number of hydrogen-bond donors (Lipinski definition) is 1. The summed E-state index contributed by atoms with van der Waals surface area (Å²) >= 11 is 6.13. The van der Waals surface area contributed by atoms with Crippen LogP contribution in [-0.4, -0.2) is 31.5 Å². The molecule has 0 bridgehead atoms. The Labute approximate surface area is 126 Å². The number of nitrogens with zero attached hydrogens (tertiary/aromatic N) is 2. The van der Waals surface area contributed by atoms with Crippen LogP contribution in [0.1, 0.15) is 26.7 Å². The third-order valence-corrected chi connectivity index (χ3v) is 5.02. The van der Waals surface area contributed by atoms with Crippen LogP contribution in [-0.2, 0) is 17.3 Å². The van der Waals surface area contributed by atoms with E-state index >= 15 is 0 Å². The van der Waals surface area contributed by atoms with Crippen LogP contribution in [0.25, 0.3) is 0 Å². The Balaban J connectivity index is 2.11. The molecule has 0 amide bonds. The largest absolute Gasteiger partial charge is 0.380 e. The van der Waals surface area contributed by atoms with Gasteiger partial charge in [-0.1, -0.05) is 25.4 Å². The summed E-state index contributed by atoms with van der Waals surface area (Å²) in [6, 6.07) is 0.215. The second kappa shape index (κ2) is 6.72. The molecule has 2 heterocycles. The van der Waals surface area contributed by atoms with Crippen molar-refractivity contribution in [3.8, 4) is 0 Å². The number of aromatic nitrogens is 2. The zero-order chi connectivity index (χ0) is 14.7. The molecule has 0 unspecified atom stereocenters. The third-order valence-electron chi connectivity index (χ3n) is 3.27. The lowest BCUT2D eigenvalue weighted by Gasteiger charge is -2.24. The summed E-state index contributed by atoms with van der Waals surface area (Å²) in [5, 5.41) is 7.59. The Bertz CT molecular complexity index is 549. The standard InChI is InChI=1S/C13H20ClN3O2S/c1-9(2)8-17-13(18)12(14)11(7-15-17)16-10-3-5-20(19)6-4-10/h7,9-10,16H,3-6,8H2,1-2H3. The van der Waals surface area contributed by atoms with Crippen molar-refractivity contribution >= 4 is 28.1 Å². The van der Waals surface area contributed by atoms with Crippen LogP contribution >= 0.6 is 11.6 Å². The first-order valence-electron chi connectivity index (χ1n) is 6.84. The van der Waals surface area contributed by atoms with E-state index in [4.69, 9.17) is 11.6 Å². The van der Waals surface area contributed by atoms with E-state index in [1.165, 1.54) is 4.68 Å². The average molecular weight is 318 g/mol. The Hall–Kier alpha value is -0.880. The van der Waals surface area contributed by atoms with Gasteiger partial charge in [0.1, 0.15) is 5.02 Å². The summed E-state index contributed by atoms with van der Waals surface area (Å²) in [5.74, 6) is 1.74. The van der Waals surface area contributed by atoms with Gasteiger partial charge in [0.15, 0.2) is 0 Å². The Morgan fingerprint density at radius 2 is 2.15 bits per heavy atom. The van der Waals surface area contributed by atoms with E-state index in [2.05, 4.69) is 10.4 Å². The SMILES string of the molecule is CC(C)Cn1ncc(NC2CCS(=O)CC2)c(Cl)c1=O. The smallest absolute Gasteiger partial charge is 0.287 e. The highest BCUT2D eigenvalue weighted by atomic mass is 35.5. The van der Waals surface area contributed by atoms with E-state index in [0.29, 0.717) is 29.7 Å². The van der Waals surface area contributed by atoms with Crippen LogP contribution < -0.4 is 10.9 Å². The number of hydrogen-bond acceptors (Lipinski definition) is 4. The molecule has 5 nitrogen and oxygen atoms in total. The van der Waals surface area contributed by atoms with Gasteiger partial charge >= 0.3 is 0 Å². The van der Waals surface area contributed by atoms with Gasteiger partial charge in [-0.05, 0) is 18.8 Å². The van der Waals surface area contributed by atoms with Crippen LogP contribution in [0.4, 0.5) is 5.69 Å². The van der Waals surface area contributed by atoms with Crippen molar-refractivity contribution in [2.75, 3.05) is 16.8 Å². The predicted octanol–water partition coefficient (Wildman–Crippen LogP) is 1.88. The first-order chi connectivity index (χ1) is 9.47. The lowest BCUT2D eigenvalue weighted by atomic mass is 10.1. The van der Waals surface area contributed by atoms with Crippen molar-refractivity contribution in [3.05, 3.63) is 21.6 Å². The van der Waals surface area contributed by atoms with Crippen LogP contribution in [0.3, 0.4) is 0 Å². The minimum Gasteiger partial charge on any atom is -0.380 e. The highest BCUT2D eigenvalue weighted by Gasteiger charge is 2.19. The second-order valence-electron chi connectivity index (χ2n) is 5.52. The van der Waals surface area contributed by atoms with Gasteiger partial charge in [-0.3, -0.25) is 9.00 Å². The lowest BCUT2D eigenvalue weighted by Crippen LogP contribution is -2.31. The van der Waals surface area contributed by atoms with E-state index in [1.807, 2.05) is 13.8 Å². The predicted molar refractivity (Wildman–Crippen MR) is 82.9 cm³/mol. The maximum atomic E-state index is 12.1. The summed E-state index contributed by atoms with van der Waals surface area (Å²) in [6.07, 6.45) is 3.27. The van der Waals surface area contributed by atoms with Gasteiger partial charge in [0, 0.05) is 34.9 Å². The molecule has 1 N–H and O–H groups in total. The van der Waals surface area contributed by atoms with Crippen molar-refractivity contribution in [2.45, 2.75) is 39.3 Å². The molecule has 1 aliphatic rings. The van der Waals surface area contributed by atoms with E-state index in [0.717, 1.165) is 12.8 Å². The molecular formula is C13H20ClN3O2S. The fourth-order valence-electron chi connectivity index (χ4n) is 2.20. The van der Waals surface area contributed by atoms with Gasteiger partial charge in [-0.15, -0.1) is 0 Å². The minimum absolute atomic E-state index is 0.187. The summed E-state index contributed by atoms with van der Waals surface area (Å²) in [7, 11) is -0.693. The third kappa shape index (κ3) is 3.82. The first kappa shape index (κ1) is 15.5. The Morgan fingerprint density at radius 1 is 1.50 bits per heavy atom. The minimum atomic E-state index is -0.693. The molecule has 1 saturated heterocycles. The maximum absolute atomic E-state index is 12.1. The second-order valence-corrected chi connectivity index (χ2v) is 7.59. The molecular weight excluding hydrogens is 298 g/mol. The average Bonchev–Trinajstić information content (AvgIpc) is 2.40. The van der Waals surface area contributed by atoms with E-state index < -0.39 is 10.8 Å². The van der Waals surface area contributed by atoms with Crippen molar-refractivity contribution in [1.29, 1.82) is 0 Å². The molecule has 1 aromatic rings. The van der Waals surface area contributed by atoms with Crippen molar-refractivity contribution < 1.29 is 4.21 Å². The summed E-state index contributed by atoms with van der Waals surface area (Å²) in [4.78, 5) is 12.1. The van der Waals surface area contributed by atoms with Gasteiger partial charge < -0.3 is 5.32 Å². The normalized spacial score (nSPS) is 23.0. The van der Waals surface area contributed by atoms with Crippen LogP contribution in [0, 0.1) is 5.92 Å². The van der Waals surface area contributed by atoms with Crippen LogP contribution in [0.15, 0.2) is 11.0 Å². The van der Waals surface area contributed by atoms with Gasteiger partial charge in [0.25, 0.3) is 5.56 Å². The molecule has 0 aromatic carbocycles. The van der Waals surface area contributed by atoms with Crippen LogP contribution in [0.5, 0.6) is 0 Å². The highest BCUT2D eigenvalue weighted by molar-refractivity contribution is 7.85. The molecule has 7 heteroatoms. The monoisotopic (exact) mass is 317 g/mol. The molecule has 0 atom stereocenters. The zero-order valence-electron chi connectivity index (χ0n) is 11.8. The number of nitrogens with one attached hydrogen (secondary N) is 1. The molecule has 1 aromatic heterocycles. The maximum Gasteiger partial charge on any atom is 0.287 e. The van der Waals surface area contributed by atoms with Crippen molar-refractivity contribution in [3.63, 3.8) is 0 Å². The number of anilines is 1. The van der Waals surface area contributed by atoms with E-state index in [1.54, 1.807) is 6.20 Å². The summed E-state index contributed by atoms with van der Waals surface area (Å²) in [5.41, 5.74) is 0.319. The molecule has 1 aliphatic heterocycles. The van der Waals surface area contributed by atoms with Gasteiger partial charge in [-0.2, -0.15) is 5.10 Å². The fourth-order valence-corrected chi connectivity index (χ4v) is 3.70. The fraction of sp³-hybridized carbons (Fsp3) is 0.692. The van der Waals surface area contributed by atoms with E-state index in [9.17, 15) is 9.00 Å². The first-order valence-corrected chi connectivity index (χ1v) is 8.71. The molecule has 1 fully saturated rings. The molecule has 0 saturated carbocycles. The Morgan fingerprint density at radius 3 is 2.75 bits per heavy atom. The van der Waals surface area contributed by atoms with Gasteiger partial charge in [0.2, 0.25) is 0 Å². The summed E-state index contributed by atoms with van der Waals surface area (Å²) in [6.45, 7) is 4.61. The van der Waals surface area contributed by atoms with Gasteiger partial charge in [-0.25, -0.2) is 4.68 Å².